The van der Waals surface area contributed by atoms with E-state index in [9.17, 15) is 13.2 Å². The Morgan fingerprint density at radius 3 is 2.73 bits per heavy atom. The number of halogens is 3. The summed E-state index contributed by atoms with van der Waals surface area (Å²) in [5, 5.41) is 7.09. The molecule has 1 aliphatic heterocycles. The van der Waals surface area contributed by atoms with E-state index in [2.05, 4.69) is 40.2 Å². The Morgan fingerprint density at radius 2 is 2.03 bits per heavy atom. The van der Waals surface area contributed by atoms with Gasteiger partial charge in [-0.05, 0) is 54.7 Å². The average Bonchev–Trinajstić information content (AvgIpc) is 2.93. The smallest absolute Gasteiger partial charge is 0.375 e. The first-order valence-corrected chi connectivity index (χ1v) is 10.1. The van der Waals surface area contributed by atoms with Gasteiger partial charge in [-0.2, -0.15) is 18.3 Å². The lowest BCUT2D eigenvalue weighted by Gasteiger charge is -2.27. The van der Waals surface area contributed by atoms with Gasteiger partial charge in [0.15, 0.2) is 5.11 Å². The molecule has 2 aromatic rings. The van der Waals surface area contributed by atoms with Crippen molar-refractivity contribution in [2.75, 3.05) is 18.1 Å². The highest BCUT2D eigenvalue weighted by Crippen LogP contribution is 2.37. The molecule has 160 valence electrons. The van der Waals surface area contributed by atoms with E-state index in [1.54, 1.807) is 11.0 Å². The molecule has 1 unspecified atom stereocenters. The molecule has 4 N–H and O–H groups in total. The molecule has 0 aliphatic carbocycles. The summed E-state index contributed by atoms with van der Waals surface area (Å²) < 4.78 is 41.3. The summed E-state index contributed by atoms with van der Waals surface area (Å²) in [5.74, 6) is 0. The van der Waals surface area contributed by atoms with Crippen LogP contribution in [0.25, 0.3) is 0 Å². The molecule has 2 aromatic carbocycles. The van der Waals surface area contributed by atoms with Crippen LogP contribution in [0.3, 0.4) is 0 Å². The number of hydrogen-bond acceptors (Lipinski definition) is 4. The summed E-state index contributed by atoms with van der Waals surface area (Å²) in [6.45, 7) is 0.912. The Kier molecular flexibility index (Phi) is 7.28. The van der Waals surface area contributed by atoms with Crippen LogP contribution in [0.5, 0.6) is 0 Å². The van der Waals surface area contributed by atoms with Gasteiger partial charge in [-0.25, -0.2) is 0 Å². The van der Waals surface area contributed by atoms with Gasteiger partial charge in [0, 0.05) is 12.6 Å². The first-order valence-electron chi connectivity index (χ1n) is 9.65. The Labute approximate surface area is 179 Å². The van der Waals surface area contributed by atoms with E-state index in [0.29, 0.717) is 18.8 Å². The van der Waals surface area contributed by atoms with Crippen molar-refractivity contribution < 1.29 is 13.2 Å². The second-order valence-electron chi connectivity index (χ2n) is 7.16. The molecule has 1 atom stereocenters. The van der Waals surface area contributed by atoms with Gasteiger partial charge in [0.1, 0.15) is 0 Å². The maximum Gasteiger partial charge on any atom is 0.418 e. The molecule has 1 heterocycles. The molecule has 9 heteroatoms. The normalized spacial score (nSPS) is 17.7. The Bertz CT molecular complexity index is 886. The van der Waals surface area contributed by atoms with Crippen LogP contribution < -0.4 is 21.4 Å². The van der Waals surface area contributed by atoms with E-state index < -0.39 is 11.7 Å². The van der Waals surface area contributed by atoms with Crippen molar-refractivity contribution >= 4 is 29.2 Å². The molecule has 1 fully saturated rings. The van der Waals surface area contributed by atoms with Gasteiger partial charge in [-0.15, -0.1) is 0 Å². The van der Waals surface area contributed by atoms with Gasteiger partial charge in [0.2, 0.25) is 0 Å². The molecule has 0 bridgehead atoms. The fourth-order valence-corrected chi connectivity index (χ4v) is 3.59. The van der Waals surface area contributed by atoms with Crippen molar-refractivity contribution in [3.63, 3.8) is 0 Å². The molecular formula is C21H24F3N5S. The summed E-state index contributed by atoms with van der Waals surface area (Å²) in [6.07, 6.45) is -0.655. The maximum atomic E-state index is 13.8. The number of thiocarbonyl (C=S) groups is 1. The minimum absolute atomic E-state index is 0.0559. The van der Waals surface area contributed by atoms with E-state index in [1.165, 1.54) is 17.8 Å². The first-order chi connectivity index (χ1) is 14.3. The van der Waals surface area contributed by atoms with Crippen LogP contribution >= 0.6 is 12.2 Å². The quantitative estimate of drug-likeness (QED) is 0.380. The van der Waals surface area contributed by atoms with Gasteiger partial charge < -0.3 is 10.6 Å². The van der Waals surface area contributed by atoms with E-state index in [4.69, 9.17) is 5.73 Å². The third-order valence-corrected chi connectivity index (χ3v) is 5.02. The molecule has 0 amide bonds. The highest BCUT2D eigenvalue weighted by Gasteiger charge is 2.35. The van der Waals surface area contributed by atoms with Crippen molar-refractivity contribution in [3.05, 3.63) is 65.2 Å². The minimum Gasteiger partial charge on any atom is -0.375 e. The fraction of sp³-hybridized carbons (Fsp3) is 0.333. The van der Waals surface area contributed by atoms with E-state index >= 15 is 0 Å². The van der Waals surface area contributed by atoms with E-state index in [1.807, 2.05) is 18.2 Å². The molecule has 0 saturated carbocycles. The van der Waals surface area contributed by atoms with Crippen LogP contribution in [0.2, 0.25) is 0 Å². The molecule has 0 spiro atoms. The Balaban J connectivity index is 1.75. The zero-order valence-corrected chi connectivity index (χ0v) is 17.1. The van der Waals surface area contributed by atoms with Gasteiger partial charge >= 0.3 is 6.18 Å². The standard InChI is InChI=1S/C21H24F3N5S/c22-21(23,24)18-12-16(13-27-28-20(25)30)8-9-19(18)29-10-4-7-17(26-14-29)11-15-5-2-1-3-6-15/h1-3,5-6,8-9,12-13,17,26H,4,7,10-11,14H2,(H3,25,28,30). The van der Waals surface area contributed by atoms with Crippen LogP contribution in [-0.4, -0.2) is 30.6 Å². The van der Waals surface area contributed by atoms with Crippen molar-refractivity contribution in [3.8, 4) is 0 Å². The van der Waals surface area contributed by atoms with Gasteiger partial charge in [0.25, 0.3) is 0 Å². The molecule has 3 rings (SSSR count). The predicted molar refractivity (Wildman–Crippen MR) is 117 cm³/mol. The van der Waals surface area contributed by atoms with Crippen LogP contribution in [0.1, 0.15) is 29.5 Å². The highest BCUT2D eigenvalue weighted by molar-refractivity contribution is 7.80. The number of hydrogen-bond donors (Lipinski definition) is 3. The molecule has 5 nitrogen and oxygen atoms in total. The molecule has 0 radical (unpaired) electrons. The van der Waals surface area contributed by atoms with E-state index in [-0.39, 0.29) is 16.8 Å². The van der Waals surface area contributed by atoms with Crippen LogP contribution in [0.15, 0.2) is 53.6 Å². The molecule has 30 heavy (non-hydrogen) atoms. The lowest BCUT2D eigenvalue weighted by Crippen LogP contribution is -2.38. The van der Waals surface area contributed by atoms with Gasteiger partial charge in [0.05, 0.1) is 24.1 Å². The Hall–Kier alpha value is -2.65. The zero-order chi connectivity index (χ0) is 21.6. The topological polar surface area (TPSA) is 65.7 Å². The third-order valence-electron chi connectivity index (χ3n) is 4.93. The molecular weight excluding hydrogens is 411 g/mol. The number of nitrogens with two attached hydrogens (primary N) is 1. The first kappa shape index (κ1) is 22.0. The number of rotatable bonds is 5. The average molecular weight is 436 g/mol. The number of anilines is 1. The third kappa shape index (κ3) is 6.17. The predicted octanol–water partition coefficient (Wildman–Crippen LogP) is 3.63. The second-order valence-corrected chi connectivity index (χ2v) is 7.60. The van der Waals surface area contributed by atoms with Crippen molar-refractivity contribution in [2.45, 2.75) is 31.5 Å². The summed E-state index contributed by atoms with van der Waals surface area (Å²) in [7, 11) is 0. The van der Waals surface area contributed by atoms with Crippen LogP contribution in [0, 0.1) is 0 Å². The van der Waals surface area contributed by atoms with Gasteiger partial charge in [-0.1, -0.05) is 36.4 Å². The maximum absolute atomic E-state index is 13.8. The Morgan fingerprint density at radius 1 is 1.27 bits per heavy atom. The summed E-state index contributed by atoms with van der Waals surface area (Å²) >= 11 is 4.62. The molecule has 0 aromatic heterocycles. The minimum atomic E-state index is -4.48. The van der Waals surface area contributed by atoms with E-state index in [0.717, 1.165) is 25.3 Å². The number of nitrogens with one attached hydrogen (secondary N) is 2. The van der Waals surface area contributed by atoms with Gasteiger partial charge in [-0.3, -0.25) is 10.7 Å². The monoisotopic (exact) mass is 435 g/mol. The van der Waals surface area contributed by atoms with Crippen LogP contribution in [0.4, 0.5) is 18.9 Å². The fourth-order valence-electron chi connectivity index (χ4n) is 3.53. The number of alkyl halides is 3. The van der Waals surface area contributed by atoms with Crippen molar-refractivity contribution in [1.82, 2.24) is 10.7 Å². The summed E-state index contributed by atoms with van der Waals surface area (Å²) in [4.78, 5) is 1.75. The summed E-state index contributed by atoms with van der Waals surface area (Å²) in [6, 6.07) is 14.5. The second kappa shape index (κ2) is 9.90. The molecule has 1 saturated heterocycles. The number of nitrogens with zero attached hydrogens (tertiary/aromatic N) is 2. The molecule has 1 aliphatic rings. The van der Waals surface area contributed by atoms with Crippen molar-refractivity contribution in [2.24, 2.45) is 10.8 Å². The van der Waals surface area contributed by atoms with Crippen LogP contribution in [-0.2, 0) is 12.6 Å². The van der Waals surface area contributed by atoms with Crippen molar-refractivity contribution in [1.29, 1.82) is 0 Å². The largest absolute Gasteiger partial charge is 0.418 e. The number of benzene rings is 2. The lowest BCUT2D eigenvalue weighted by molar-refractivity contribution is -0.137. The zero-order valence-electron chi connectivity index (χ0n) is 16.3. The highest BCUT2D eigenvalue weighted by atomic mass is 32.1. The lowest BCUT2D eigenvalue weighted by atomic mass is 10.0. The SMILES string of the molecule is NC(=S)NN=Cc1ccc(N2CCCC(Cc3ccccc3)NC2)c(C(F)(F)F)c1. The number of hydrazone groups is 1. The summed E-state index contributed by atoms with van der Waals surface area (Å²) in [5.41, 5.74) is 8.60.